The molecular formula is C21H28F6N. The third-order valence-corrected chi connectivity index (χ3v) is 5.36. The summed E-state index contributed by atoms with van der Waals surface area (Å²) in [6.07, 6.45) is -4.41. The smallest absolute Gasteiger partial charge is 0.299 e. The van der Waals surface area contributed by atoms with Gasteiger partial charge in [0.05, 0.1) is 12.0 Å². The predicted octanol–water partition coefficient (Wildman–Crippen LogP) is 6.85. The zero-order valence-corrected chi connectivity index (χ0v) is 16.3. The lowest BCUT2D eigenvalue weighted by atomic mass is 9.78. The lowest BCUT2D eigenvalue weighted by Crippen LogP contribution is -2.44. The van der Waals surface area contributed by atoms with E-state index in [9.17, 15) is 26.3 Å². The maximum Gasteiger partial charge on any atom is 0.416 e. The van der Waals surface area contributed by atoms with E-state index in [1.807, 2.05) is 18.7 Å². The Hall–Kier alpha value is -1.24. The van der Waals surface area contributed by atoms with Crippen LogP contribution in [0.2, 0.25) is 0 Å². The molecule has 0 aromatic heterocycles. The van der Waals surface area contributed by atoms with Gasteiger partial charge in [0.15, 0.2) is 0 Å². The van der Waals surface area contributed by atoms with Gasteiger partial charge in [0.2, 0.25) is 0 Å². The molecule has 0 bridgehead atoms. The molecule has 1 saturated carbocycles. The van der Waals surface area contributed by atoms with Crippen LogP contribution < -0.4 is 0 Å². The van der Waals surface area contributed by atoms with Crippen LogP contribution in [0.5, 0.6) is 0 Å². The van der Waals surface area contributed by atoms with Crippen molar-refractivity contribution in [2.75, 3.05) is 13.1 Å². The lowest BCUT2D eigenvalue weighted by Gasteiger charge is -2.41. The van der Waals surface area contributed by atoms with Crippen molar-refractivity contribution in [1.82, 2.24) is 4.90 Å². The van der Waals surface area contributed by atoms with E-state index < -0.39 is 24.3 Å². The van der Waals surface area contributed by atoms with Crippen LogP contribution in [0.25, 0.3) is 0 Å². The van der Waals surface area contributed by atoms with Crippen LogP contribution in [-0.4, -0.2) is 30.2 Å². The van der Waals surface area contributed by atoms with Crippen LogP contribution in [-0.2, 0) is 6.18 Å². The Bertz CT molecular complexity index is 590. The number of hydrogen-bond acceptors (Lipinski definition) is 1. The molecule has 1 radical (unpaired) electrons. The summed E-state index contributed by atoms with van der Waals surface area (Å²) in [6.45, 7) is 4.56. The summed E-state index contributed by atoms with van der Waals surface area (Å²) in [4.78, 5) is 1.91. The number of rotatable bonds is 7. The summed E-state index contributed by atoms with van der Waals surface area (Å²) in [5, 5.41) is 0. The van der Waals surface area contributed by atoms with Crippen molar-refractivity contribution in [2.45, 2.75) is 70.3 Å². The standard InChI is InChI=1S/C21H28F6N/c1-15(2)11-13-28(14-12-20(22,23)24)19-6-4-3-5-18(19)16-7-9-17(10-8-16)21(25,26)27/h3,7-10,15,18-19H,4-6,11-14H2,1-2H3/t18-,19+/m0/s1. The minimum atomic E-state index is -4.40. The number of alkyl halides is 6. The first-order chi connectivity index (χ1) is 13.0. The maximum absolute atomic E-state index is 12.8. The highest BCUT2D eigenvalue weighted by Crippen LogP contribution is 2.38. The Balaban J connectivity index is 2.20. The van der Waals surface area contributed by atoms with Crippen LogP contribution in [0.1, 0.15) is 63.0 Å². The molecule has 0 unspecified atom stereocenters. The Kier molecular flexibility index (Phi) is 7.82. The first-order valence-corrected chi connectivity index (χ1v) is 9.77. The van der Waals surface area contributed by atoms with E-state index in [0.717, 1.165) is 37.0 Å². The van der Waals surface area contributed by atoms with Crippen LogP contribution >= 0.6 is 0 Å². The number of nitrogens with zero attached hydrogens (tertiary/aromatic N) is 1. The number of hydrogen-bond donors (Lipinski definition) is 0. The molecule has 1 aromatic carbocycles. The normalized spacial score (nSPS) is 21.5. The molecule has 1 aliphatic carbocycles. The van der Waals surface area contributed by atoms with Crippen molar-refractivity contribution in [3.63, 3.8) is 0 Å². The molecule has 0 spiro atoms. The van der Waals surface area contributed by atoms with Gasteiger partial charge >= 0.3 is 12.4 Å². The topological polar surface area (TPSA) is 3.24 Å². The number of halogens is 6. The van der Waals surface area contributed by atoms with Gasteiger partial charge in [-0.25, -0.2) is 0 Å². The van der Waals surface area contributed by atoms with E-state index in [-0.39, 0.29) is 18.5 Å². The third-order valence-electron chi connectivity index (χ3n) is 5.36. The Morgan fingerprint density at radius 3 is 2.18 bits per heavy atom. The molecule has 0 N–H and O–H groups in total. The molecular weight excluding hydrogens is 380 g/mol. The van der Waals surface area contributed by atoms with Crippen molar-refractivity contribution in [2.24, 2.45) is 5.92 Å². The molecule has 1 aliphatic rings. The highest BCUT2D eigenvalue weighted by molar-refractivity contribution is 5.29. The van der Waals surface area contributed by atoms with Crippen LogP contribution in [0, 0.1) is 12.3 Å². The van der Waals surface area contributed by atoms with Gasteiger partial charge in [-0.3, -0.25) is 4.90 Å². The molecule has 1 aromatic rings. The second-order valence-corrected chi connectivity index (χ2v) is 7.98. The minimum absolute atomic E-state index is 0.0714. The zero-order chi connectivity index (χ0) is 20.9. The van der Waals surface area contributed by atoms with Gasteiger partial charge < -0.3 is 0 Å². The fraction of sp³-hybridized carbons (Fsp3) is 0.667. The van der Waals surface area contributed by atoms with Crippen molar-refractivity contribution in [3.05, 3.63) is 41.8 Å². The highest BCUT2D eigenvalue weighted by atomic mass is 19.4. The number of benzene rings is 1. The van der Waals surface area contributed by atoms with Gasteiger partial charge in [0.1, 0.15) is 0 Å². The van der Waals surface area contributed by atoms with E-state index in [1.165, 1.54) is 12.1 Å². The van der Waals surface area contributed by atoms with Crippen molar-refractivity contribution >= 4 is 0 Å². The van der Waals surface area contributed by atoms with Crippen LogP contribution in [0.4, 0.5) is 26.3 Å². The monoisotopic (exact) mass is 408 g/mol. The molecule has 7 heteroatoms. The molecule has 0 amide bonds. The minimum Gasteiger partial charge on any atom is -0.299 e. The van der Waals surface area contributed by atoms with Gasteiger partial charge in [0.25, 0.3) is 0 Å². The second kappa shape index (κ2) is 9.51. The Morgan fingerprint density at radius 2 is 1.64 bits per heavy atom. The summed E-state index contributed by atoms with van der Waals surface area (Å²) in [7, 11) is 0. The third kappa shape index (κ3) is 6.98. The van der Waals surface area contributed by atoms with E-state index in [0.29, 0.717) is 18.9 Å². The average Bonchev–Trinajstić information content (AvgIpc) is 2.60. The SMILES string of the molecule is CC(C)CCN(CCC(F)(F)F)[C@@H]1CC[CH]C[C@H]1c1ccc(C(F)(F)F)cc1. The van der Waals surface area contributed by atoms with Gasteiger partial charge in [-0.2, -0.15) is 26.3 Å². The molecule has 1 nitrogen and oxygen atoms in total. The maximum atomic E-state index is 12.8. The van der Waals surface area contributed by atoms with Gasteiger partial charge in [0, 0.05) is 12.6 Å². The Morgan fingerprint density at radius 1 is 1.00 bits per heavy atom. The summed E-state index contributed by atoms with van der Waals surface area (Å²) in [5.41, 5.74) is 0.0526. The fourth-order valence-electron chi connectivity index (χ4n) is 3.80. The van der Waals surface area contributed by atoms with Crippen molar-refractivity contribution < 1.29 is 26.3 Å². The van der Waals surface area contributed by atoms with Crippen molar-refractivity contribution in [1.29, 1.82) is 0 Å². The molecule has 2 rings (SSSR count). The predicted molar refractivity (Wildman–Crippen MR) is 97.8 cm³/mol. The van der Waals surface area contributed by atoms with Gasteiger partial charge in [-0.1, -0.05) is 26.0 Å². The molecule has 0 heterocycles. The van der Waals surface area contributed by atoms with Crippen LogP contribution in [0.15, 0.2) is 24.3 Å². The van der Waals surface area contributed by atoms with E-state index in [2.05, 4.69) is 6.42 Å². The first kappa shape index (κ1) is 23.0. The lowest BCUT2D eigenvalue weighted by molar-refractivity contribution is -0.139. The fourth-order valence-corrected chi connectivity index (χ4v) is 3.80. The van der Waals surface area contributed by atoms with Gasteiger partial charge in [-0.15, -0.1) is 0 Å². The molecule has 159 valence electrons. The highest BCUT2D eigenvalue weighted by Gasteiger charge is 2.35. The van der Waals surface area contributed by atoms with E-state index >= 15 is 0 Å². The summed E-state index contributed by atoms with van der Waals surface area (Å²) in [6, 6.07) is 4.99. The Labute approximate surface area is 163 Å². The van der Waals surface area contributed by atoms with Crippen LogP contribution in [0.3, 0.4) is 0 Å². The quantitative estimate of drug-likeness (QED) is 0.446. The molecule has 0 saturated heterocycles. The van der Waals surface area contributed by atoms with E-state index in [1.54, 1.807) is 0 Å². The molecule has 2 atom stereocenters. The average molecular weight is 408 g/mol. The summed E-state index contributed by atoms with van der Waals surface area (Å²) in [5.74, 6) is 0.282. The summed E-state index contributed by atoms with van der Waals surface area (Å²) >= 11 is 0. The summed E-state index contributed by atoms with van der Waals surface area (Å²) < 4.78 is 77.0. The van der Waals surface area contributed by atoms with Gasteiger partial charge in [-0.05, 0) is 68.2 Å². The van der Waals surface area contributed by atoms with Crippen molar-refractivity contribution in [3.8, 4) is 0 Å². The molecule has 28 heavy (non-hydrogen) atoms. The first-order valence-electron chi connectivity index (χ1n) is 9.77. The molecule has 0 aliphatic heterocycles. The zero-order valence-electron chi connectivity index (χ0n) is 16.3. The molecule has 1 fully saturated rings. The van der Waals surface area contributed by atoms with E-state index in [4.69, 9.17) is 0 Å². The largest absolute Gasteiger partial charge is 0.416 e. The second-order valence-electron chi connectivity index (χ2n) is 7.98.